The summed E-state index contributed by atoms with van der Waals surface area (Å²) in [6.07, 6.45) is 1.40. The summed E-state index contributed by atoms with van der Waals surface area (Å²) in [6, 6.07) is 7.58. The summed E-state index contributed by atoms with van der Waals surface area (Å²) in [4.78, 5) is 22.9. The van der Waals surface area contributed by atoms with Gasteiger partial charge in [0.2, 0.25) is 11.8 Å². The van der Waals surface area contributed by atoms with Crippen molar-refractivity contribution in [2.45, 2.75) is 37.9 Å². The molecule has 0 bridgehead atoms. The van der Waals surface area contributed by atoms with Gasteiger partial charge in [0, 0.05) is 31.0 Å². The average Bonchev–Trinajstić information content (AvgIpc) is 3.00. The second kappa shape index (κ2) is 10.2. The minimum absolute atomic E-state index is 0.0682. The Hall–Kier alpha value is -2.06. The van der Waals surface area contributed by atoms with Crippen LogP contribution < -0.4 is 11.1 Å². The Labute approximate surface area is 161 Å². The quantitative estimate of drug-likeness (QED) is 0.597. The highest BCUT2D eigenvalue weighted by Gasteiger charge is 2.13. The number of hydrogen-bond donors (Lipinski definition) is 2. The van der Waals surface area contributed by atoms with Gasteiger partial charge < -0.3 is 15.6 Å². The van der Waals surface area contributed by atoms with E-state index in [0.29, 0.717) is 35.5 Å². The summed E-state index contributed by atoms with van der Waals surface area (Å²) in [6.45, 7) is 3.18. The monoisotopic (exact) mass is 395 g/mol. The Kier molecular flexibility index (Phi) is 7.93. The van der Waals surface area contributed by atoms with Crippen LogP contribution in [0.5, 0.6) is 0 Å². The molecule has 0 aliphatic heterocycles. The molecule has 0 spiro atoms. The van der Waals surface area contributed by atoms with Crippen LogP contribution in [0.4, 0.5) is 0 Å². The second-order valence-corrected chi connectivity index (χ2v) is 7.01. The molecule has 0 aliphatic carbocycles. The third-order valence-corrected chi connectivity index (χ3v) is 4.86. The van der Waals surface area contributed by atoms with Crippen LogP contribution >= 0.6 is 23.4 Å². The number of rotatable bonds is 10. The van der Waals surface area contributed by atoms with Crippen molar-refractivity contribution in [3.05, 3.63) is 40.7 Å². The van der Waals surface area contributed by atoms with Crippen molar-refractivity contribution in [3.8, 4) is 0 Å². The zero-order valence-electron chi connectivity index (χ0n) is 14.6. The summed E-state index contributed by atoms with van der Waals surface area (Å²) in [5.74, 6) is 0.518. The Morgan fingerprint density at radius 2 is 2.12 bits per heavy atom. The molecule has 0 unspecified atom stereocenters. The van der Waals surface area contributed by atoms with Crippen LogP contribution in [0.3, 0.4) is 0 Å². The number of hydrogen-bond acceptors (Lipinski definition) is 5. The molecule has 0 atom stereocenters. The van der Waals surface area contributed by atoms with Crippen LogP contribution in [0.25, 0.3) is 0 Å². The van der Waals surface area contributed by atoms with Crippen LogP contribution in [0.15, 0.2) is 29.4 Å². The standard InChI is InChI=1S/C17H22ClN5O2S/c1-2-23-15(7-6-14(19)24)21-22-17(23)26-11-16(25)20-9-8-12-4-3-5-13(18)10-12/h3-5,10H,2,6-9,11H2,1H3,(H2,19,24)(H,20,25). The highest BCUT2D eigenvalue weighted by atomic mass is 35.5. The van der Waals surface area contributed by atoms with Crippen molar-refractivity contribution in [2.24, 2.45) is 5.73 Å². The van der Waals surface area contributed by atoms with Gasteiger partial charge in [-0.1, -0.05) is 35.5 Å². The molecule has 7 nitrogen and oxygen atoms in total. The maximum Gasteiger partial charge on any atom is 0.230 e. The molecule has 0 fully saturated rings. The number of nitrogens with one attached hydrogen (secondary N) is 1. The molecule has 1 heterocycles. The fourth-order valence-electron chi connectivity index (χ4n) is 2.38. The van der Waals surface area contributed by atoms with Gasteiger partial charge in [0.1, 0.15) is 5.82 Å². The first-order chi connectivity index (χ1) is 12.5. The predicted molar refractivity (Wildman–Crippen MR) is 102 cm³/mol. The molecule has 1 aromatic carbocycles. The van der Waals surface area contributed by atoms with Crippen molar-refractivity contribution in [1.29, 1.82) is 0 Å². The molecule has 1 aromatic heterocycles. The van der Waals surface area contributed by atoms with Gasteiger partial charge in [-0.15, -0.1) is 10.2 Å². The molecular formula is C17H22ClN5O2S. The van der Waals surface area contributed by atoms with E-state index >= 15 is 0 Å². The number of carbonyl (C=O) groups is 2. The van der Waals surface area contributed by atoms with Crippen molar-refractivity contribution in [2.75, 3.05) is 12.3 Å². The maximum atomic E-state index is 12.0. The first kappa shape index (κ1) is 20.3. The summed E-state index contributed by atoms with van der Waals surface area (Å²) < 4.78 is 1.90. The van der Waals surface area contributed by atoms with Gasteiger partial charge >= 0.3 is 0 Å². The Balaban J connectivity index is 1.78. The van der Waals surface area contributed by atoms with Crippen LogP contribution in [0.2, 0.25) is 5.02 Å². The normalized spacial score (nSPS) is 10.7. The van der Waals surface area contributed by atoms with Gasteiger partial charge in [0.25, 0.3) is 0 Å². The number of halogens is 1. The summed E-state index contributed by atoms with van der Waals surface area (Å²) in [5.41, 5.74) is 6.25. The number of nitrogens with zero attached hydrogens (tertiary/aromatic N) is 3. The zero-order valence-corrected chi connectivity index (χ0v) is 16.1. The number of thioether (sulfide) groups is 1. The summed E-state index contributed by atoms with van der Waals surface area (Å²) in [5, 5.41) is 12.4. The molecule has 0 saturated heterocycles. The first-order valence-corrected chi connectivity index (χ1v) is 9.70. The maximum absolute atomic E-state index is 12.0. The van der Waals surface area contributed by atoms with Crippen molar-refractivity contribution >= 4 is 35.2 Å². The fourth-order valence-corrected chi connectivity index (χ4v) is 3.45. The summed E-state index contributed by atoms with van der Waals surface area (Å²) >= 11 is 7.27. The van der Waals surface area contributed by atoms with Crippen molar-refractivity contribution in [3.63, 3.8) is 0 Å². The van der Waals surface area contributed by atoms with Gasteiger partial charge in [-0.25, -0.2) is 0 Å². The lowest BCUT2D eigenvalue weighted by Crippen LogP contribution is -2.27. The van der Waals surface area contributed by atoms with E-state index in [1.807, 2.05) is 35.8 Å². The summed E-state index contributed by atoms with van der Waals surface area (Å²) in [7, 11) is 0. The first-order valence-electron chi connectivity index (χ1n) is 8.34. The number of benzene rings is 1. The van der Waals surface area contributed by atoms with E-state index in [4.69, 9.17) is 17.3 Å². The van der Waals surface area contributed by atoms with Gasteiger partial charge in [-0.05, 0) is 31.0 Å². The van der Waals surface area contributed by atoms with Crippen molar-refractivity contribution in [1.82, 2.24) is 20.1 Å². The van der Waals surface area contributed by atoms with Crippen LogP contribution in [0, 0.1) is 0 Å². The number of aromatic nitrogens is 3. The van der Waals surface area contributed by atoms with E-state index < -0.39 is 0 Å². The number of aryl methyl sites for hydroxylation is 1. The second-order valence-electron chi connectivity index (χ2n) is 5.63. The molecule has 140 valence electrons. The predicted octanol–water partition coefficient (Wildman–Crippen LogP) is 1.82. The van der Waals surface area contributed by atoms with Gasteiger partial charge in [-0.3, -0.25) is 9.59 Å². The third kappa shape index (κ3) is 6.34. The average molecular weight is 396 g/mol. The van der Waals surface area contributed by atoms with Crippen LogP contribution in [-0.4, -0.2) is 38.9 Å². The highest BCUT2D eigenvalue weighted by Crippen LogP contribution is 2.17. The SMILES string of the molecule is CCn1c(CCC(N)=O)nnc1SCC(=O)NCCc1cccc(Cl)c1. The van der Waals surface area contributed by atoms with Gasteiger partial charge in [0.05, 0.1) is 5.75 Å². The van der Waals surface area contributed by atoms with E-state index in [9.17, 15) is 9.59 Å². The minimum Gasteiger partial charge on any atom is -0.370 e. The lowest BCUT2D eigenvalue weighted by atomic mass is 10.1. The topological polar surface area (TPSA) is 103 Å². The zero-order chi connectivity index (χ0) is 18.9. The van der Waals surface area contributed by atoms with Crippen LogP contribution in [0.1, 0.15) is 24.7 Å². The van der Waals surface area contributed by atoms with E-state index in [1.165, 1.54) is 11.8 Å². The van der Waals surface area contributed by atoms with Gasteiger partial charge in [-0.2, -0.15) is 0 Å². The molecule has 3 N–H and O–H groups in total. The number of primary amides is 1. The van der Waals surface area contributed by atoms with E-state index in [2.05, 4.69) is 15.5 Å². The molecule has 2 aromatic rings. The smallest absolute Gasteiger partial charge is 0.230 e. The van der Waals surface area contributed by atoms with Crippen LogP contribution in [-0.2, 0) is 29.0 Å². The molecule has 0 radical (unpaired) electrons. The molecule has 0 aliphatic rings. The highest BCUT2D eigenvalue weighted by molar-refractivity contribution is 7.99. The van der Waals surface area contributed by atoms with E-state index in [1.54, 1.807) is 0 Å². The molecule has 9 heteroatoms. The lowest BCUT2D eigenvalue weighted by molar-refractivity contribution is -0.119. The number of nitrogens with two attached hydrogens (primary N) is 1. The molecule has 2 amide bonds. The lowest BCUT2D eigenvalue weighted by Gasteiger charge is -2.07. The van der Waals surface area contributed by atoms with Gasteiger partial charge in [0.15, 0.2) is 5.16 Å². The van der Waals surface area contributed by atoms with E-state index in [-0.39, 0.29) is 24.0 Å². The molecule has 26 heavy (non-hydrogen) atoms. The molecule has 0 saturated carbocycles. The molecular weight excluding hydrogens is 374 g/mol. The Bertz CT molecular complexity index is 765. The fraction of sp³-hybridized carbons (Fsp3) is 0.412. The minimum atomic E-state index is -0.371. The van der Waals surface area contributed by atoms with Crippen molar-refractivity contribution < 1.29 is 9.59 Å². The van der Waals surface area contributed by atoms with E-state index in [0.717, 1.165) is 12.0 Å². The molecule has 2 rings (SSSR count). The third-order valence-electron chi connectivity index (χ3n) is 3.66. The largest absolute Gasteiger partial charge is 0.370 e. The Morgan fingerprint density at radius 1 is 1.31 bits per heavy atom. The Morgan fingerprint density at radius 3 is 2.81 bits per heavy atom. The number of amides is 2. The number of carbonyl (C=O) groups excluding carboxylic acids is 2.